The van der Waals surface area contributed by atoms with Gasteiger partial charge in [-0.15, -0.1) is 0 Å². The first kappa shape index (κ1) is 19.5. The van der Waals surface area contributed by atoms with Crippen LogP contribution in [0, 0.1) is 0 Å². The summed E-state index contributed by atoms with van der Waals surface area (Å²) in [7, 11) is 4.64. The quantitative estimate of drug-likeness (QED) is 0.588. The summed E-state index contributed by atoms with van der Waals surface area (Å²) in [6, 6.07) is 11.1. The molecule has 0 atom stereocenters. The molecule has 2 aromatic rings. The Balaban J connectivity index is 1.66. The van der Waals surface area contributed by atoms with E-state index in [1.54, 1.807) is 33.5 Å². The van der Waals surface area contributed by atoms with E-state index < -0.39 is 0 Å². The van der Waals surface area contributed by atoms with Crippen molar-refractivity contribution in [2.75, 3.05) is 39.3 Å². The van der Waals surface area contributed by atoms with Gasteiger partial charge in [-0.1, -0.05) is 0 Å². The molecular formula is C21H25N3O4. The van der Waals surface area contributed by atoms with E-state index >= 15 is 0 Å². The SMILES string of the molecule is COc1cc(/C=N\NC(=O)c2ccc(N3CCCC3)cc2)cc(OC)c1OC. The van der Waals surface area contributed by atoms with E-state index in [0.717, 1.165) is 18.8 Å². The van der Waals surface area contributed by atoms with Crippen molar-refractivity contribution in [1.82, 2.24) is 5.43 Å². The number of hydrogen-bond acceptors (Lipinski definition) is 6. The van der Waals surface area contributed by atoms with E-state index in [1.807, 2.05) is 24.3 Å². The molecule has 148 valence electrons. The first-order valence-corrected chi connectivity index (χ1v) is 9.14. The predicted molar refractivity (Wildman–Crippen MR) is 109 cm³/mol. The molecule has 1 saturated heterocycles. The van der Waals surface area contributed by atoms with Gasteiger partial charge >= 0.3 is 0 Å². The second-order valence-electron chi connectivity index (χ2n) is 6.40. The minimum absolute atomic E-state index is 0.267. The van der Waals surface area contributed by atoms with Gasteiger partial charge in [-0.25, -0.2) is 5.43 Å². The molecule has 0 spiro atoms. The summed E-state index contributed by atoms with van der Waals surface area (Å²) in [5.41, 5.74) is 4.96. The molecule has 3 rings (SSSR count). The summed E-state index contributed by atoms with van der Waals surface area (Å²) < 4.78 is 15.9. The van der Waals surface area contributed by atoms with E-state index in [4.69, 9.17) is 14.2 Å². The molecule has 1 N–H and O–H groups in total. The first-order chi connectivity index (χ1) is 13.7. The Morgan fingerprint density at radius 3 is 2.14 bits per heavy atom. The lowest BCUT2D eigenvalue weighted by Gasteiger charge is -2.17. The minimum atomic E-state index is -0.267. The van der Waals surface area contributed by atoms with Gasteiger partial charge in [0.15, 0.2) is 11.5 Å². The molecule has 7 nitrogen and oxygen atoms in total. The topological polar surface area (TPSA) is 72.4 Å². The van der Waals surface area contributed by atoms with Gasteiger partial charge in [-0.2, -0.15) is 5.10 Å². The van der Waals surface area contributed by atoms with Crippen LogP contribution in [-0.4, -0.2) is 46.5 Å². The van der Waals surface area contributed by atoms with Crippen LogP contribution >= 0.6 is 0 Å². The maximum absolute atomic E-state index is 12.3. The van der Waals surface area contributed by atoms with Gasteiger partial charge in [-0.05, 0) is 49.2 Å². The van der Waals surface area contributed by atoms with Crippen LogP contribution in [0.15, 0.2) is 41.5 Å². The second-order valence-corrected chi connectivity index (χ2v) is 6.40. The number of carbonyl (C=O) groups is 1. The lowest BCUT2D eigenvalue weighted by molar-refractivity contribution is 0.0955. The Labute approximate surface area is 164 Å². The Hall–Kier alpha value is -3.22. The third-order valence-electron chi connectivity index (χ3n) is 4.67. The lowest BCUT2D eigenvalue weighted by Crippen LogP contribution is -2.19. The Kier molecular flexibility index (Phi) is 6.37. The molecule has 0 radical (unpaired) electrons. The molecule has 0 bridgehead atoms. The zero-order valence-corrected chi connectivity index (χ0v) is 16.4. The fourth-order valence-corrected chi connectivity index (χ4v) is 3.20. The average Bonchev–Trinajstić information content (AvgIpc) is 3.27. The molecule has 2 aromatic carbocycles. The van der Waals surface area contributed by atoms with Crippen LogP contribution in [0.1, 0.15) is 28.8 Å². The van der Waals surface area contributed by atoms with E-state index in [9.17, 15) is 4.79 Å². The maximum Gasteiger partial charge on any atom is 0.271 e. The summed E-state index contributed by atoms with van der Waals surface area (Å²) in [6.07, 6.45) is 3.97. The third-order valence-corrected chi connectivity index (χ3v) is 4.67. The van der Waals surface area contributed by atoms with Crippen molar-refractivity contribution in [3.8, 4) is 17.2 Å². The molecule has 1 aliphatic heterocycles. The van der Waals surface area contributed by atoms with Crippen LogP contribution < -0.4 is 24.5 Å². The number of carbonyl (C=O) groups excluding carboxylic acids is 1. The molecule has 1 heterocycles. The number of ether oxygens (including phenoxy) is 3. The van der Waals surface area contributed by atoms with Crippen LogP contribution in [0.3, 0.4) is 0 Å². The minimum Gasteiger partial charge on any atom is -0.493 e. The van der Waals surface area contributed by atoms with Gasteiger partial charge < -0.3 is 19.1 Å². The summed E-state index contributed by atoms with van der Waals surface area (Å²) >= 11 is 0. The van der Waals surface area contributed by atoms with E-state index in [1.165, 1.54) is 19.1 Å². The number of amides is 1. The Morgan fingerprint density at radius 1 is 1.00 bits per heavy atom. The van der Waals surface area contributed by atoms with Gasteiger partial charge in [0.2, 0.25) is 5.75 Å². The van der Waals surface area contributed by atoms with Crippen molar-refractivity contribution in [3.05, 3.63) is 47.5 Å². The number of rotatable bonds is 7. The second kappa shape index (κ2) is 9.12. The van der Waals surface area contributed by atoms with Crippen LogP contribution in [-0.2, 0) is 0 Å². The maximum atomic E-state index is 12.3. The third kappa shape index (κ3) is 4.36. The molecule has 0 aliphatic carbocycles. The highest BCUT2D eigenvalue weighted by atomic mass is 16.5. The summed E-state index contributed by atoms with van der Waals surface area (Å²) in [5.74, 6) is 1.28. The number of nitrogens with zero attached hydrogens (tertiary/aromatic N) is 2. The van der Waals surface area contributed by atoms with Crippen molar-refractivity contribution in [2.24, 2.45) is 5.10 Å². The summed E-state index contributed by atoms with van der Waals surface area (Å²) in [4.78, 5) is 14.6. The molecule has 28 heavy (non-hydrogen) atoms. The molecule has 1 aliphatic rings. The van der Waals surface area contributed by atoms with Crippen LogP contribution in [0.5, 0.6) is 17.2 Å². The van der Waals surface area contributed by atoms with Crippen LogP contribution in [0.25, 0.3) is 0 Å². The van der Waals surface area contributed by atoms with Crippen molar-refractivity contribution in [3.63, 3.8) is 0 Å². The molecule has 0 saturated carbocycles. The van der Waals surface area contributed by atoms with Crippen molar-refractivity contribution in [1.29, 1.82) is 0 Å². The highest BCUT2D eigenvalue weighted by Gasteiger charge is 2.14. The fourth-order valence-electron chi connectivity index (χ4n) is 3.20. The molecule has 0 aromatic heterocycles. The molecular weight excluding hydrogens is 358 g/mol. The zero-order valence-electron chi connectivity index (χ0n) is 16.4. The van der Waals surface area contributed by atoms with Crippen LogP contribution in [0.2, 0.25) is 0 Å². The zero-order chi connectivity index (χ0) is 19.9. The van der Waals surface area contributed by atoms with Gasteiger partial charge in [0.25, 0.3) is 5.91 Å². The number of methoxy groups -OCH3 is 3. The number of hydrazone groups is 1. The molecule has 1 fully saturated rings. The first-order valence-electron chi connectivity index (χ1n) is 9.14. The van der Waals surface area contributed by atoms with Crippen LogP contribution in [0.4, 0.5) is 5.69 Å². The predicted octanol–water partition coefficient (Wildman–Crippen LogP) is 3.08. The Morgan fingerprint density at radius 2 is 1.61 bits per heavy atom. The van der Waals surface area contributed by atoms with Gasteiger partial charge in [0.05, 0.1) is 27.5 Å². The number of nitrogens with one attached hydrogen (secondary N) is 1. The lowest BCUT2D eigenvalue weighted by atomic mass is 10.2. The monoisotopic (exact) mass is 383 g/mol. The largest absolute Gasteiger partial charge is 0.493 e. The van der Waals surface area contributed by atoms with E-state index in [0.29, 0.717) is 28.4 Å². The Bertz CT molecular complexity index is 818. The fraction of sp³-hybridized carbons (Fsp3) is 0.333. The molecule has 0 unspecified atom stereocenters. The number of anilines is 1. The highest BCUT2D eigenvalue weighted by Crippen LogP contribution is 2.37. The highest BCUT2D eigenvalue weighted by molar-refractivity contribution is 5.95. The summed E-state index contributed by atoms with van der Waals surface area (Å²) in [5, 5.41) is 4.04. The van der Waals surface area contributed by atoms with Gasteiger partial charge in [0.1, 0.15) is 0 Å². The standard InChI is InChI=1S/C21H25N3O4/c1-26-18-12-15(13-19(27-2)20(18)28-3)14-22-23-21(25)16-6-8-17(9-7-16)24-10-4-5-11-24/h6-9,12-14H,4-5,10-11H2,1-3H3,(H,23,25)/b22-14-. The van der Waals surface area contributed by atoms with Crippen molar-refractivity contribution >= 4 is 17.8 Å². The summed E-state index contributed by atoms with van der Waals surface area (Å²) in [6.45, 7) is 2.15. The number of hydrogen-bond donors (Lipinski definition) is 1. The van der Waals surface area contributed by atoms with Crippen molar-refractivity contribution in [2.45, 2.75) is 12.8 Å². The smallest absolute Gasteiger partial charge is 0.271 e. The molecule has 1 amide bonds. The van der Waals surface area contributed by atoms with Gasteiger partial charge in [-0.3, -0.25) is 4.79 Å². The van der Waals surface area contributed by atoms with Crippen molar-refractivity contribution < 1.29 is 19.0 Å². The van der Waals surface area contributed by atoms with E-state index in [2.05, 4.69) is 15.4 Å². The van der Waals surface area contributed by atoms with E-state index in [-0.39, 0.29) is 5.91 Å². The normalized spacial score (nSPS) is 13.6. The average molecular weight is 383 g/mol. The number of benzene rings is 2. The van der Waals surface area contributed by atoms with Gasteiger partial charge in [0, 0.05) is 29.9 Å². The molecule has 7 heteroatoms.